The Morgan fingerprint density at radius 3 is 1.25 bits per heavy atom. The molecule has 1 rings (SSSR count). The quantitative estimate of drug-likeness (QED) is 0.598. The molecule has 0 amide bonds. The SMILES string of the molecule is C1=COC=CO1.FC(F)=C(F)Cl. The molecule has 0 unspecified atom stereocenters. The van der Waals surface area contributed by atoms with Crippen molar-refractivity contribution in [2.75, 3.05) is 0 Å². The van der Waals surface area contributed by atoms with Gasteiger partial charge in [0.2, 0.25) is 0 Å². The van der Waals surface area contributed by atoms with Crippen LogP contribution in [0.15, 0.2) is 36.4 Å². The zero-order valence-electron chi connectivity index (χ0n) is 5.64. The molecule has 1 aliphatic rings. The molecule has 0 aromatic rings. The highest BCUT2D eigenvalue weighted by molar-refractivity contribution is 6.28. The third-order valence-corrected chi connectivity index (χ3v) is 0.711. The van der Waals surface area contributed by atoms with Gasteiger partial charge in [0.15, 0.2) is 0 Å². The number of hydrogen-bond acceptors (Lipinski definition) is 2. The van der Waals surface area contributed by atoms with Crippen LogP contribution in [0.1, 0.15) is 0 Å². The molecule has 0 aliphatic carbocycles. The number of halogens is 4. The maximum atomic E-state index is 10.7. The van der Waals surface area contributed by atoms with E-state index in [0.29, 0.717) is 0 Å². The van der Waals surface area contributed by atoms with E-state index in [1.165, 1.54) is 25.0 Å². The highest BCUT2D eigenvalue weighted by Crippen LogP contribution is 2.11. The van der Waals surface area contributed by atoms with E-state index in [2.05, 4.69) is 21.1 Å². The van der Waals surface area contributed by atoms with Crippen LogP contribution >= 0.6 is 11.6 Å². The lowest BCUT2D eigenvalue weighted by Gasteiger charge is -1.94. The summed E-state index contributed by atoms with van der Waals surface area (Å²) in [6.07, 6.45) is 3.36. The predicted molar refractivity (Wildman–Crippen MR) is 36.7 cm³/mol. The molecule has 68 valence electrons. The second-order valence-electron chi connectivity index (χ2n) is 1.34. The molecule has 0 radical (unpaired) electrons. The van der Waals surface area contributed by atoms with Crippen molar-refractivity contribution < 1.29 is 22.6 Å². The first-order valence-electron chi connectivity index (χ1n) is 2.62. The minimum atomic E-state index is -2.48. The van der Waals surface area contributed by atoms with Gasteiger partial charge in [0.25, 0.3) is 5.29 Å². The van der Waals surface area contributed by atoms with Crippen molar-refractivity contribution in [3.05, 3.63) is 36.4 Å². The Labute approximate surface area is 71.5 Å². The smallest absolute Gasteiger partial charge is 0.317 e. The second-order valence-corrected chi connectivity index (χ2v) is 1.67. The third-order valence-electron chi connectivity index (χ3n) is 0.568. The zero-order valence-corrected chi connectivity index (χ0v) is 6.39. The van der Waals surface area contributed by atoms with Crippen molar-refractivity contribution in [1.82, 2.24) is 0 Å². The molecule has 0 atom stereocenters. The van der Waals surface area contributed by atoms with Gasteiger partial charge in [-0.15, -0.1) is 0 Å². The number of hydrogen-bond donors (Lipinski definition) is 0. The summed E-state index contributed by atoms with van der Waals surface area (Å²) < 4.78 is 40.9. The van der Waals surface area contributed by atoms with Gasteiger partial charge in [0.1, 0.15) is 25.0 Å². The van der Waals surface area contributed by atoms with Gasteiger partial charge < -0.3 is 9.47 Å². The van der Waals surface area contributed by atoms with E-state index >= 15 is 0 Å². The molecule has 0 N–H and O–H groups in total. The highest BCUT2D eigenvalue weighted by atomic mass is 35.5. The molecular weight excluding hydrogens is 197 g/mol. The van der Waals surface area contributed by atoms with Gasteiger partial charge in [0.05, 0.1) is 0 Å². The summed E-state index contributed by atoms with van der Waals surface area (Å²) in [5.74, 6) is 0. The fraction of sp³-hybridized carbons (Fsp3) is 0. The highest BCUT2D eigenvalue weighted by Gasteiger charge is 1.95. The molecular formula is C6H4ClF3O2. The molecule has 0 aromatic carbocycles. The molecule has 2 nitrogen and oxygen atoms in total. The van der Waals surface area contributed by atoms with E-state index in [1.54, 1.807) is 0 Å². The van der Waals surface area contributed by atoms with E-state index in [4.69, 9.17) is 0 Å². The summed E-state index contributed by atoms with van der Waals surface area (Å²) in [6, 6.07) is 0. The molecule has 12 heavy (non-hydrogen) atoms. The lowest BCUT2D eigenvalue weighted by atomic mass is 10.9. The van der Waals surface area contributed by atoms with Crippen LogP contribution < -0.4 is 0 Å². The molecule has 1 aliphatic heterocycles. The molecule has 0 saturated heterocycles. The third kappa shape index (κ3) is 7.01. The minimum absolute atomic E-state index is 1.46. The fourth-order valence-corrected chi connectivity index (χ4v) is 0.219. The van der Waals surface area contributed by atoms with Crippen molar-refractivity contribution in [3.8, 4) is 0 Å². The van der Waals surface area contributed by atoms with Crippen molar-refractivity contribution in [3.63, 3.8) is 0 Å². The number of ether oxygens (including phenoxy) is 2. The topological polar surface area (TPSA) is 18.5 Å². The summed E-state index contributed by atoms with van der Waals surface area (Å²) in [6.45, 7) is 0. The fourth-order valence-electron chi connectivity index (χ4n) is 0.219. The van der Waals surface area contributed by atoms with Crippen LogP contribution in [0.3, 0.4) is 0 Å². The van der Waals surface area contributed by atoms with Gasteiger partial charge in [-0.05, 0) is 11.6 Å². The molecule has 0 saturated carbocycles. The number of rotatable bonds is 0. The van der Waals surface area contributed by atoms with Gasteiger partial charge >= 0.3 is 6.08 Å². The maximum absolute atomic E-state index is 10.7. The first kappa shape index (κ1) is 10.9. The zero-order chi connectivity index (χ0) is 9.40. The Morgan fingerprint density at radius 2 is 1.17 bits per heavy atom. The van der Waals surface area contributed by atoms with Crippen molar-refractivity contribution >= 4 is 11.6 Å². The van der Waals surface area contributed by atoms with E-state index in [9.17, 15) is 13.2 Å². The summed E-state index contributed by atoms with van der Waals surface area (Å²) in [4.78, 5) is 0. The Morgan fingerprint density at radius 1 is 0.917 bits per heavy atom. The first-order chi connectivity index (χ1) is 5.64. The summed E-state index contributed by atoms with van der Waals surface area (Å²) in [5.41, 5.74) is 0. The summed E-state index contributed by atoms with van der Waals surface area (Å²) in [7, 11) is 0. The van der Waals surface area contributed by atoms with Crippen LogP contribution in [0, 0.1) is 0 Å². The Hall–Kier alpha value is -1.10. The lowest BCUT2D eigenvalue weighted by molar-refractivity contribution is 0.290. The molecule has 0 fully saturated rings. The second kappa shape index (κ2) is 6.60. The molecule has 1 heterocycles. The summed E-state index contributed by atoms with van der Waals surface area (Å²) in [5, 5.41) is -1.94. The minimum Gasteiger partial charge on any atom is -0.466 e. The molecule has 0 aromatic heterocycles. The Bertz CT molecular complexity index is 175. The monoisotopic (exact) mass is 200 g/mol. The molecule has 0 spiro atoms. The van der Waals surface area contributed by atoms with Gasteiger partial charge in [-0.2, -0.15) is 13.2 Å². The normalized spacial score (nSPS) is 12.0. The van der Waals surface area contributed by atoms with Crippen LogP contribution in [0.2, 0.25) is 0 Å². The van der Waals surface area contributed by atoms with Crippen molar-refractivity contribution in [1.29, 1.82) is 0 Å². The van der Waals surface area contributed by atoms with Crippen LogP contribution in [0.4, 0.5) is 13.2 Å². The van der Waals surface area contributed by atoms with E-state index in [1.807, 2.05) is 0 Å². The van der Waals surface area contributed by atoms with E-state index in [0.717, 1.165) is 0 Å². The van der Waals surface area contributed by atoms with E-state index in [-0.39, 0.29) is 0 Å². The molecule has 0 bridgehead atoms. The Kier molecular flexibility index (Phi) is 6.00. The molecule has 6 heteroatoms. The standard InChI is InChI=1S/C4H4O2.C2ClF3/c1-2-6-4-3-5-1;3-1(4)2(5)6/h1-4H;. The largest absolute Gasteiger partial charge is 0.466 e. The first-order valence-corrected chi connectivity index (χ1v) is 2.99. The van der Waals surface area contributed by atoms with Gasteiger partial charge in [-0.3, -0.25) is 0 Å². The average Bonchev–Trinajstić information content (AvgIpc) is 2.08. The van der Waals surface area contributed by atoms with Crippen LogP contribution in [0.25, 0.3) is 0 Å². The summed E-state index contributed by atoms with van der Waals surface area (Å²) >= 11 is 4.08. The van der Waals surface area contributed by atoms with E-state index < -0.39 is 11.4 Å². The van der Waals surface area contributed by atoms with Crippen LogP contribution in [-0.4, -0.2) is 0 Å². The van der Waals surface area contributed by atoms with Gasteiger partial charge in [-0.25, -0.2) is 0 Å². The predicted octanol–water partition coefficient (Wildman–Crippen LogP) is 3.24. The van der Waals surface area contributed by atoms with Crippen LogP contribution in [0.5, 0.6) is 0 Å². The van der Waals surface area contributed by atoms with Gasteiger partial charge in [-0.1, -0.05) is 0 Å². The lowest BCUT2D eigenvalue weighted by Crippen LogP contribution is -1.74. The van der Waals surface area contributed by atoms with Crippen molar-refractivity contribution in [2.45, 2.75) is 0 Å². The maximum Gasteiger partial charge on any atom is 0.317 e. The Balaban J connectivity index is 0.000000202. The average molecular weight is 201 g/mol. The van der Waals surface area contributed by atoms with Gasteiger partial charge in [0, 0.05) is 0 Å². The van der Waals surface area contributed by atoms with Crippen LogP contribution in [-0.2, 0) is 9.47 Å². The van der Waals surface area contributed by atoms with Crippen molar-refractivity contribution in [2.24, 2.45) is 0 Å².